The van der Waals surface area contributed by atoms with Crippen LogP contribution in [-0.2, 0) is 0 Å². The van der Waals surface area contributed by atoms with E-state index in [2.05, 4.69) is 10.6 Å². The van der Waals surface area contributed by atoms with Gasteiger partial charge in [-0.05, 0) is 19.1 Å². The zero-order chi connectivity index (χ0) is 8.55. The topological polar surface area (TPSA) is 24.1 Å². The predicted molar refractivity (Wildman–Crippen MR) is 46.0 cm³/mol. The molecule has 0 saturated carbocycles. The number of dihydropyridines is 2. The van der Waals surface area contributed by atoms with Crippen molar-refractivity contribution >= 4 is 0 Å². The van der Waals surface area contributed by atoms with E-state index in [1.165, 1.54) is 0 Å². The molecule has 0 aromatic heterocycles. The summed E-state index contributed by atoms with van der Waals surface area (Å²) in [5, 5.41) is 6.14. The number of hydrogen-bond acceptors (Lipinski definition) is 2. The van der Waals surface area contributed by atoms with Crippen LogP contribution in [0.2, 0.25) is 0 Å². The van der Waals surface area contributed by atoms with Crippen LogP contribution in [0, 0.1) is 0 Å². The van der Waals surface area contributed by atoms with E-state index in [4.69, 9.17) is 0 Å². The molecule has 2 aliphatic heterocycles. The fraction of sp³-hybridized carbons (Fsp3) is 0.333. The van der Waals surface area contributed by atoms with Gasteiger partial charge in [0.05, 0.1) is 17.4 Å². The van der Waals surface area contributed by atoms with Crippen molar-refractivity contribution in [1.82, 2.24) is 10.6 Å². The summed E-state index contributed by atoms with van der Waals surface area (Å²) in [5.41, 5.74) is 1.84. The number of hydrogen-bond donors (Lipinski definition) is 2. The Morgan fingerprint density at radius 3 is 3.17 bits per heavy atom. The van der Waals surface area contributed by atoms with Gasteiger partial charge in [0.15, 0.2) is 0 Å². The Kier molecular flexibility index (Phi) is 1.64. The lowest BCUT2D eigenvalue weighted by Crippen LogP contribution is -2.34. The van der Waals surface area contributed by atoms with Gasteiger partial charge in [0.25, 0.3) is 0 Å². The Labute approximate surface area is 70.8 Å². The molecule has 1 unspecified atom stereocenters. The van der Waals surface area contributed by atoms with E-state index in [0.29, 0.717) is 0 Å². The highest BCUT2D eigenvalue weighted by Gasteiger charge is 2.18. The summed E-state index contributed by atoms with van der Waals surface area (Å²) in [6, 6.07) is -0.201. The number of allylic oxidation sites excluding steroid dienone is 2. The van der Waals surface area contributed by atoms with Crippen molar-refractivity contribution in [3.63, 3.8) is 0 Å². The minimum atomic E-state index is -0.201. The van der Waals surface area contributed by atoms with Crippen LogP contribution >= 0.6 is 0 Å². The Morgan fingerprint density at radius 2 is 2.33 bits per heavy atom. The molecule has 2 nitrogen and oxygen atoms in total. The van der Waals surface area contributed by atoms with Gasteiger partial charge in [-0.1, -0.05) is 6.08 Å². The molecule has 3 heteroatoms. The van der Waals surface area contributed by atoms with E-state index in [1.807, 2.05) is 12.2 Å². The summed E-state index contributed by atoms with van der Waals surface area (Å²) in [4.78, 5) is 0. The van der Waals surface area contributed by atoms with Gasteiger partial charge >= 0.3 is 0 Å². The van der Waals surface area contributed by atoms with Crippen molar-refractivity contribution < 1.29 is 4.39 Å². The van der Waals surface area contributed by atoms with E-state index in [9.17, 15) is 4.39 Å². The zero-order valence-corrected chi connectivity index (χ0v) is 6.89. The van der Waals surface area contributed by atoms with Crippen LogP contribution in [0.5, 0.6) is 0 Å². The van der Waals surface area contributed by atoms with Gasteiger partial charge in [0, 0.05) is 6.54 Å². The maximum atomic E-state index is 13.0. The summed E-state index contributed by atoms with van der Waals surface area (Å²) in [7, 11) is 0. The molecule has 64 valence electrons. The molecule has 0 aromatic carbocycles. The number of halogens is 1. The molecule has 2 aliphatic rings. The molecular weight excluding hydrogens is 155 g/mol. The second kappa shape index (κ2) is 2.66. The minimum Gasteiger partial charge on any atom is -0.380 e. The van der Waals surface area contributed by atoms with E-state index >= 15 is 0 Å². The van der Waals surface area contributed by atoms with Crippen LogP contribution in [0.15, 0.2) is 35.4 Å². The second-order valence-corrected chi connectivity index (χ2v) is 3.01. The molecule has 0 fully saturated rings. The monoisotopic (exact) mass is 166 g/mol. The summed E-state index contributed by atoms with van der Waals surface area (Å²) >= 11 is 0. The van der Waals surface area contributed by atoms with Gasteiger partial charge in [0.2, 0.25) is 0 Å². The fourth-order valence-electron chi connectivity index (χ4n) is 1.35. The van der Waals surface area contributed by atoms with Gasteiger partial charge in [-0.25, -0.2) is 4.39 Å². The van der Waals surface area contributed by atoms with Gasteiger partial charge in [0.1, 0.15) is 5.83 Å². The highest BCUT2D eigenvalue weighted by molar-refractivity contribution is 5.39. The molecule has 0 radical (unpaired) electrons. The SMILES string of the molecule is CC1NC2=C(C=C1F)NCC=C2. The lowest BCUT2D eigenvalue weighted by Gasteiger charge is -2.25. The smallest absolute Gasteiger partial charge is 0.124 e. The normalized spacial score (nSPS) is 27.2. The van der Waals surface area contributed by atoms with E-state index in [1.54, 1.807) is 13.0 Å². The molecule has 1 atom stereocenters. The first-order chi connectivity index (χ1) is 5.77. The molecule has 2 rings (SSSR count). The average Bonchev–Trinajstić information content (AvgIpc) is 2.07. The third-order valence-electron chi connectivity index (χ3n) is 2.05. The van der Waals surface area contributed by atoms with Crippen molar-refractivity contribution in [3.8, 4) is 0 Å². The zero-order valence-electron chi connectivity index (χ0n) is 6.89. The fourth-order valence-corrected chi connectivity index (χ4v) is 1.35. The Bertz CT molecular complexity index is 289. The largest absolute Gasteiger partial charge is 0.380 e. The van der Waals surface area contributed by atoms with E-state index in [-0.39, 0.29) is 11.9 Å². The number of rotatable bonds is 0. The molecule has 0 bridgehead atoms. The molecule has 0 spiro atoms. The highest BCUT2D eigenvalue weighted by atomic mass is 19.1. The lowest BCUT2D eigenvalue weighted by molar-refractivity contribution is 0.504. The maximum Gasteiger partial charge on any atom is 0.124 e. The molecule has 2 heterocycles. The first-order valence-electron chi connectivity index (χ1n) is 4.05. The van der Waals surface area contributed by atoms with Crippen molar-refractivity contribution in [2.24, 2.45) is 0 Å². The quantitative estimate of drug-likeness (QED) is 0.565. The van der Waals surface area contributed by atoms with Crippen molar-refractivity contribution in [2.45, 2.75) is 13.0 Å². The molecular formula is C9H11FN2. The highest BCUT2D eigenvalue weighted by Crippen LogP contribution is 2.18. The molecule has 0 aliphatic carbocycles. The molecule has 0 aromatic rings. The second-order valence-electron chi connectivity index (χ2n) is 3.01. The summed E-state index contributed by atoms with van der Waals surface area (Å²) in [6.45, 7) is 2.58. The van der Waals surface area contributed by atoms with Gasteiger partial charge in [-0.3, -0.25) is 0 Å². The van der Waals surface area contributed by atoms with Crippen LogP contribution in [0.4, 0.5) is 4.39 Å². The van der Waals surface area contributed by atoms with Crippen molar-refractivity contribution in [2.75, 3.05) is 6.54 Å². The summed E-state index contributed by atoms with van der Waals surface area (Å²) < 4.78 is 13.0. The Balaban J connectivity index is 2.33. The van der Waals surface area contributed by atoms with Crippen LogP contribution in [-0.4, -0.2) is 12.6 Å². The minimum absolute atomic E-state index is 0.114. The molecule has 0 amide bonds. The third-order valence-corrected chi connectivity index (χ3v) is 2.05. The van der Waals surface area contributed by atoms with Crippen LogP contribution in [0.25, 0.3) is 0 Å². The predicted octanol–water partition coefficient (Wildman–Crippen LogP) is 1.20. The summed E-state index contributed by atoms with van der Waals surface area (Å²) in [5.74, 6) is -0.114. The Hall–Kier alpha value is -1.25. The molecule has 2 N–H and O–H groups in total. The first-order valence-corrected chi connectivity index (χ1v) is 4.05. The lowest BCUT2D eigenvalue weighted by atomic mass is 10.1. The first kappa shape index (κ1) is 7.40. The van der Waals surface area contributed by atoms with E-state index < -0.39 is 0 Å². The van der Waals surface area contributed by atoms with Crippen LogP contribution < -0.4 is 10.6 Å². The standard InChI is InChI=1S/C9H11FN2/c1-6-7(10)5-9-8(12-6)3-2-4-11-9/h2-3,5-6,11-12H,4H2,1H3. The average molecular weight is 166 g/mol. The van der Waals surface area contributed by atoms with Crippen molar-refractivity contribution in [1.29, 1.82) is 0 Å². The molecule has 0 saturated heterocycles. The molecule has 12 heavy (non-hydrogen) atoms. The van der Waals surface area contributed by atoms with Crippen molar-refractivity contribution in [3.05, 3.63) is 35.4 Å². The maximum absolute atomic E-state index is 13.0. The van der Waals surface area contributed by atoms with Gasteiger partial charge < -0.3 is 10.6 Å². The Morgan fingerprint density at radius 1 is 1.50 bits per heavy atom. The van der Waals surface area contributed by atoms with E-state index in [0.717, 1.165) is 17.9 Å². The van der Waals surface area contributed by atoms with Crippen LogP contribution in [0.3, 0.4) is 0 Å². The summed E-state index contributed by atoms with van der Waals surface area (Å²) in [6.07, 6.45) is 5.54. The van der Waals surface area contributed by atoms with Gasteiger partial charge in [-0.2, -0.15) is 0 Å². The number of nitrogens with one attached hydrogen (secondary N) is 2. The van der Waals surface area contributed by atoms with Crippen LogP contribution in [0.1, 0.15) is 6.92 Å². The third kappa shape index (κ3) is 1.11. The van der Waals surface area contributed by atoms with Gasteiger partial charge in [-0.15, -0.1) is 0 Å².